The number of carbonyl (C=O) groups is 3. The van der Waals surface area contributed by atoms with Gasteiger partial charge < -0.3 is 19.5 Å². The number of ether oxygens (including phenoxy) is 3. The van der Waals surface area contributed by atoms with Gasteiger partial charge in [0.05, 0.1) is 11.6 Å². The van der Waals surface area contributed by atoms with Crippen LogP contribution in [0.2, 0.25) is 0 Å². The Bertz CT molecular complexity index is 1030. The van der Waals surface area contributed by atoms with Gasteiger partial charge in [-0.3, -0.25) is 10.1 Å². The van der Waals surface area contributed by atoms with Crippen LogP contribution in [0.15, 0.2) is 18.5 Å². The van der Waals surface area contributed by atoms with Gasteiger partial charge in [0.25, 0.3) is 0 Å². The number of hydrogen-bond acceptors (Lipinski definition) is 8. The molecule has 1 atom stereocenters. The molecule has 1 aliphatic heterocycles. The van der Waals surface area contributed by atoms with Crippen molar-refractivity contribution in [2.45, 2.75) is 18.0 Å². The number of rotatable bonds is 7. The highest BCUT2D eigenvalue weighted by molar-refractivity contribution is 6.00. The van der Waals surface area contributed by atoms with Gasteiger partial charge in [-0.2, -0.15) is 27.1 Å². The van der Waals surface area contributed by atoms with Gasteiger partial charge in [0.15, 0.2) is 31.2 Å². The summed E-state index contributed by atoms with van der Waals surface area (Å²) >= 11 is 0. The molecular weight excluding hydrogens is 453 g/mol. The second kappa shape index (κ2) is 8.80. The number of halogens is 5. The summed E-state index contributed by atoms with van der Waals surface area (Å²) in [5.41, 5.74) is 0.105. The lowest BCUT2D eigenvalue weighted by atomic mass is 10.0. The molecule has 2 aromatic rings. The Kier molecular flexibility index (Phi) is 6.31. The molecule has 11 nitrogen and oxygen atoms in total. The molecule has 174 valence electrons. The maximum Gasteiger partial charge on any atom is 0.508 e. The maximum atomic E-state index is 14.0. The Labute approximate surface area is 174 Å². The summed E-state index contributed by atoms with van der Waals surface area (Å²) in [6.45, 7) is -5.04. The minimum absolute atomic E-state index is 0.0234. The predicted octanol–water partition coefficient (Wildman–Crippen LogP) is 1.38. The molecule has 0 saturated carbocycles. The predicted molar refractivity (Wildman–Crippen MR) is 91.1 cm³/mol. The maximum absolute atomic E-state index is 14.0. The van der Waals surface area contributed by atoms with Crippen LogP contribution in [0.4, 0.5) is 31.5 Å². The van der Waals surface area contributed by atoms with E-state index in [2.05, 4.69) is 24.9 Å². The largest absolute Gasteiger partial charge is 0.508 e. The second-order valence-electron chi connectivity index (χ2n) is 6.47. The first-order valence-electron chi connectivity index (χ1n) is 8.73. The summed E-state index contributed by atoms with van der Waals surface area (Å²) in [5.74, 6) is -5.61. The molecule has 0 aliphatic carbocycles. The average molecular weight is 467 g/mol. The van der Waals surface area contributed by atoms with Crippen LogP contribution in [0, 0.1) is 0 Å². The van der Waals surface area contributed by atoms with E-state index in [4.69, 9.17) is 4.74 Å². The molecule has 1 unspecified atom stereocenters. The van der Waals surface area contributed by atoms with Crippen LogP contribution in [0.5, 0.6) is 5.75 Å². The number of imidazole rings is 1. The Balaban J connectivity index is 1.66. The van der Waals surface area contributed by atoms with Crippen LogP contribution in [0.1, 0.15) is 11.6 Å². The summed E-state index contributed by atoms with van der Waals surface area (Å²) in [6, 6.07) is 0.485. The number of imide groups is 1. The molecule has 3 rings (SSSR count). The third kappa shape index (κ3) is 5.92. The van der Waals surface area contributed by atoms with E-state index in [9.17, 15) is 36.3 Å². The van der Waals surface area contributed by atoms with Crippen molar-refractivity contribution in [3.63, 3.8) is 0 Å². The summed E-state index contributed by atoms with van der Waals surface area (Å²) in [6.07, 6.45) is -4.10. The zero-order valence-electron chi connectivity index (χ0n) is 15.8. The lowest BCUT2D eigenvalue weighted by Gasteiger charge is -2.22. The topological polar surface area (TPSA) is 133 Å². The fourth-order valence-corrected chi connectivity index (χ4v) is 2.52. The lowest BCUT2D eigenvalue weighted by molar-refractivity contribution is -0.168. The van der Waals surface area contributed by atoms with Crippen LogP contribution in [-0.2, 0) is 14.3 Å². The summed E-state index contributed by atoms with van der Waals surface area (Å²) in [4.78, 5) is 38.2. The van der Waals surface area contributed by atoms with Crippen molar-refractivity contribution in [2.75, 3.05) is 26.4 Å². The van der Waals surface area contributed by atoms with E-state index in [1.165, 1.54) is 18.5 Å². The van der Waals surface area contributed by atoms with E-state index >= 15 is 0 Å². The Hall–Kier alpha value is -3.72. The number of hydrogen-bond donors (Lipinski definition) is 2. The molecule has 2 aromatic heterocycles. The molecular formula is C16H14F5N5O6. The van der Waals surface area contributed by atoms with Crippen molar-refractivity contribution in [1.29, 1.82) is 0 Å². The highest BCUT2D eigenvalue weighted by Crippen LogP contribution is 2.26. The first-order chi connectivity index (χ1) is 14.9. The van der Waals surface area contributed by atoms with E-state index in [0.717, 1.165) is 4.52 Å². The fraction of sp³-hybridized carbons (Fsp3) is 0.438. The van der Waals surface area contributed by atoms with Crippen LogP contribution >= 0.6 is 0 Å². The Morgan fingerprint density at radius 3 is 2.56 bits per heavy atom. The summed E-state index contributed by atoms with van der Waals surface area (Å²) < 4.78 is 77.7. The van der Waals surface area contributed by atoms with Gasteiger partial charge in [0, 0.05) is 25.0 Å². The van der Waals surface area contributed by atoms with E-state index in [1.807, 2.05) is 5.32 Å². The van der Waals surface area contributed by atoms with Gasteiger partial charge in [0.1, 0.15) is 0 Å². The van der Waals surface area contributed by atoms with E-state index < -0.39 is 55.9 Å². The highest BCUT2D eigenvalue weighted by Gasteiger charge is 2.35. The second-order valence-corrected chi connectivity index (χ2v) is 6.47. The van der Waals surface area contributed by atoms with Crippen LogP contribution in [0.25, 0.3) is 5.65 Å². The minimum atomic E-state index is -4.84. The molecule has 3 amide bonds. The standard InChI is InChI=1S/C16H14F5N5O6/c17-15(18,6-31-14(29)32-7-16(19,20)21)5-30-10-3-9(25-26-2-1-22-11(10)26)8-4-23-13(28)24-12(8)27/h1-3,8H,4-7H2,(H2,23,24,27,28). The average Bonchev–Trinajstić information content (AvgIpc) is 3.17. The third-order valence-corrected chi connectivity index (χ3v) is 3.91. The normalized spacial score (nSPS) is 17.0. The van der Waals surface area contributed by atoms with Crippen molar-refractivity contribution in [1.82, 2.24) is 25.2 Å². The molecule has 32 heavy (non-hydrogen) atoms. The zero-order chi connectivity index (χ0) is 23.5. The van der Waals surface area contributed by atoms with E-state index in [-0.39, 0.29) is 23.6 Å². The van der Waals surface area contributed by atoms with Gasteiger partial charge >= 0.3 is 24.3 Å². The molecule has 0 radical (unpaired) electrons. The Morgan fingerprint density at radius 1 is 1.16 bits per heavy atom. The first kappa shape index (κ1) is 23.0. The molecule has 16 heteroatoms. The number of nitrogens with zero attached hydrogens (tertiary/aromatic N) is 3. The van der Waals surface area contributed by atoms with Crippen molar-refractivity contribution in [3.8, 4) is 5.75 Å². The number of urea groups is 1. The zero-order valence-corrected chi connectivity index (χ0v) is 15.8. The number of carbonyl (C=O) groups excluding carboxylic acids is 3. The van der Waals surface area contributed by atoms with Crippen molar-refractivity contribution in [2.24, 2.45) is 0 Å². The molecule has 0 aromatic carbocycles. The molecule has 3 heterocycles. The lowest BCUT2D eigenvalue weighted by Crippen LogP contribution is -2.51. The van der Waals surface area contributed by atoms with Crippen LogP contribution in [-0.4, -0.2) is 71.2 Å². The third-order valence-electron chi connectivity index (χ3n) is 3.91. The minimum Gasteiger partial charge on any atom is -0.483 e. The number of nitrogens with one attached hydrogen (secondary N) is 2. The molecule has 0 spiro atoms. The van der Waals surface area contributed by atoms with Gasteiger partial charge in [-0.15, -0.1) is 0 Å². The molecule has 1 saturated heterocycles. The van der Waals surface area contributed by atoms with Crippen molar-refractivity contribution in [3.05, 3.63) is 24.2 Å². The molecule has 0 bridgehead atoms. The number of alkyl halides is 5. The molecule has 2 N–H and O–H groups in total. The van der Waals surface area contributed by atoms with Crippen molar-refractivity contribution < 1.29 is 50.5 Å². The first-order valence-corrected chi connectivity index (χ1v) is 8.73. The molecule has 1 aliphatic rings. The number of fused-ring (bicyclic) bond motifs is 1. The van der Waals surface area contributed by atoms with Crippen LogP contribution < -0.4 is 15.4 Å². The van der Waals surface area contributed by atoms with Crippen LogP contribution in [0.3, 0.4) is 0 Å². The monoisotopic (exact) mass is 467 g/mol. The summed E-state index contributed by atoms with van der Waals surface area (Å²) in [5, 5.41) is 8.58. The highest BCUT2D eigenvalue weighted by atomic mass is 19.4. The Morgan fingerprint density at radius 2 is 1.88 bits per heavy atom. The summed E-state index contributed by atoms with van der Waals surface area (Å²) in [7, 11) is 0. The number of amides is 3. The van der Waals surface area contributed by atoms with Crippen molar-refractivity contribution >= 4 is 23.7 Å². The smallest absolute Gasteiger partial charge is 0.483 e. The van der Waals surface area contributed by atoms with Gasteiger partial charge in [-0.05, 0) is 0 Å². The molecule has 1 fully saturated rings. The van der Waals surface area contributed by atoms with E-state index in [1.54, 1.807) is 0 Å². The quantitative estimate of drug-likeness (QED) is 0.461. The van der Waals surface area contributed by atoms with Gasteiger partial charge in [-0.25, -0.2) is 19.1 Å². The van der Waals surface area contributed by atoms with E-state index in [0.29, 0.717) is 0 Å². The number of aromatic nitrogens is 3. The SMILES string of the molecule is O=C1NCC(c2cc(OCC(F)(F)COC(=O)OCC(F)(F)F)c3nccn3n2)C(=O)N1. The fourth-order valence-electron chi connectivity index (χ4n) is 2.52. The van der Waals surface area contributed by atoms with Gasteiger partial charge in [0.2, 0.25) is 5.91 Å². The van der Waals surface area contributed by atoms with Gasteiger partial charge in [-0.1, -0.05) is 0 Å².